The maximum absolute atomic E-state index is 13.6. The van der Waals surface area contributed by atoms with Crippen LogP contribution in [0.4, 0.5) is 0 Å². The predicted octanol–water partition coefficient (Wildman–Crippen LogP) is 1.05. The van der Waals surface area contributed by atoms with Crippen LogP contribution in [0, 0.1) is 6.92 Å². The molecule has 0 saturated heterocycles. The van der Waals surface area contributed by atoms with Gasteiger partial charge in [-0.3, -0.25) is 14.4 Å². The van der Waals surface area contributed by atoms with Crippen LogP contribution >= 0.6 is 0 Å². The van der Waals surface area contributed by atoms with Crippen LogP contribution in [0.1, 0.15) is 42.3 Å². The van der Waals surface area contributed by atoms with Gasteiger partial charge in [-0.15, -0.1) is 0 Å². The zero-order chi connectivity index (χ0) is 25.0. The Morgan fingerprint density at radius 3 is 2.33 bits per heavy atom. The number of carbonyl (C=O) groups excluding carboxylic acids is 3. The lowest BCUT2D eigenvalue weighted by Gasteiger charge is -2.29. The smallest absolute Gasteiger partial charge is 0.215 e. The minimum Gasteiger partial charge on any atom is -0.507 e. The molecule has 3 rings (SSSR count). The van der Waals surface area contributed by atoms with E-state index in [1.807, 2.05) is 0 Å². The molecule has 0 bridgehead atoms. The molecule has 0 spiro atoms. The zero-order valence-electron chi connectivity index (χ0n) is 19.2. The summed E-state index contributed by atoms with van der Waals surface area (Å²) < 4.78 is 30.7. The van der Waals surface area contributed by atoms with Crippen molar-refractivity contribution in [3.05, 3.63) is 39.8 Å². The van der Waals surface area contributed by atoms with Gasteiger partial charge in [0, 0.05) is 38.0 Å². The summed E-state index contributed by atoms with van der Waals surface area (Å²) in [6, 6.07) is 0. The highest BCUT2D eigenvalue weighted by molar-refractivity contribution is 7.89. The Kier molecular flexibility index (Phi) is 5.93. The summed E-state index contributed by atoms with van der Waals surface area (Å²) in [4.78, 5) is 38.6. The highest BCUT2D eigenvalue weighted by atomic mass is 32.2. The van der Waals surface area contributed by atoms with Crippen LogP contribution in [0.15, 0.2) is 23.1 Å². The van der Waals surface area contributed by atoms with Gasteiger partial charge >= 0.3 is 0 Å². The highest BCUT2D eigenvalue weighted by Gasteiger charge is 2.56. The number of ketones is 3. The third-order valence-corrected chi connectivity index (χ3v) is 7.90. The molecule has 0 amide bonds. The lowest BCUT2D eigenvalue weighted by Crippen LogP contribution is -2.41. The number of Topliss-reactive ketones (excluding diaryl/α,β-unsaturated/α-hetero) is 2. The van der Waals surface area contributed by atoms with Gasteiger partial charge in [0.05, 0.1) is 16.9 Å². The van der Waals surface area contributed by atoms with E-state index in [1.54, 1.807) is 0 Å². The number of benzene rings is 1. The Bertz CT molecular complexity index is 1270. The van der Waals surface area contributed by atoms with Crippen LogP contribution < -0.4 is 10.1 Å². The first kappa shape index (κ1) is 24.5. The van der Waals surface area contributed by atoms with E-state index in [2.05, 4.69) is 5.32 Å². The minimum atomic E-state index is -3.49. The molecule has 11 heteroatoms. The van der Waals surface area contributed by atoms with Crippen molar-refractivity contribution < 1.29 is 37.8 Å². The van der Waals surface area contributed by atoms with Crippen LogP contribution in [0.3, 0.4) is 0 Å². The van der Waals surface area contributed by atoms with E-state index < -0.39 is 44.3 Å². The number of sulfonamides is 1. The van der Waals surface area contributed by atoms with Gasteiger partial charge in [-0.1, -0.05) is 0 Å². The number of hydrogen-bond acceptors (Lipinski definition) is 9. The number of phenolic OH excluding ortho intramolecular Hbond substituents is 2. The topological polar surface area (TPSA) is 150 Å². The number of allylic oxidation sites excluding steroid dienone is 4. The number of ether oxygens (including phenoxy) is 1. The Morgan fingerprint density at radius 1 is 1.18 bits per heavy atom. The van der Waals surface area contributed by atoms with Gasteiger partial charge < -0.3 is 20.3 Å². The van der Waals surface area contributed by atoms with E-state index in [9.17, 15) is 33.0 Å². The molecule has 10 nitrogen and oxygen atoms in total. The molecule has 3 N–H and O–H groups in total. The van der Waals surface area contributed by atoms with Gasteiger partial charge in [-0.05, 0) is 27.7 Å². The summed E-state index contributed by atoms with van der Waals surface area (Å²) >= 11 is 0. The summed E-state index contributed by atoms with van der Waals surface area (Å²) in [5, 5.41) is 24.0. The van der Waals surface area contributed by atoms with E-state index >= 15 is 0 Å². The summed E-state index contributed by atoms with van der Waals surface area (Å²) in [6.45, 7) is 5.51. The molecule has 0 saturated carbocycles. The summed E-state index contributed by atoms with van der Waals surface area (Å²) in [5.41, 5.74) is -1.85. The Morgan fingerprint density at radius 2 is 1.79 bits per heavy atom. The molecule has 0 aromatic heterocycles. The van der Waals surface area contributed by atoms with Crippen molar-refractivity contribution in [3.63, 3.8) is 0 Å². The van der Waals surface area contributed by atoms with Crippen molar-refractivity contribution in [3.8, 4) is 17.2 Å². The zero-order valence-corrected chi connectivity index (χ0v) is 20.0. The van der Waals surface area contributed by atoms with Crippen LogP contribution in [0.5, 0.6) is 17.2 Å². The number of carbonyl (C=O) groups is 3. The van der Waals surface area contributed by atoms with Gasteiger partial charge in [0.1, 0.15) is 34.0 Å². The average Bonchev–Trinajstić information content (AvgIpc) is 2.99. The maximum atomic E-state index is 13.6. The van der Waals surface area contributed by atoms with Crippen molar-refractivity contribution in [2.45, 2.75) is 33.1 Å². The van der Waals surface area contributed by atoms with E-state index in [1.165, 1.54) is 41.8 Å². The van der Waals surface area contributed by atoms with Crippen LogP contribution in [-0.4, -0.2) is 66.7 Å². The molecule has 0 radical (unpaired) electrons. The normalized spacial score (nSPS) is 21.4. The van der Waals surface area contributed by atoms with E-state index in [4.69, 9.17) is 4.74 Å². The average molecular weight is 479 g/mol. The first-order valence-electron chi connectivity index (χ1n) is 10.1. The lowest BCUT2D eigenvalue weighted by molar-refractivity contribution is -0.123. The first-order valence-corrected chi connectivity index (χ1v) is 11.7. The number of aromatic hydroxyl groups is 2. The number of nitrogens with zero attached hydrogens (tertiary/aromatic N) is 1. The molecule has 1 aliphatic carbocycles. The molecular formula is C22H26N2O8S. The van der Waals surface area contributed by atoms with Gasteiger partial charge in [0.25, 0.3) is 0 Å². The number of nitrogens with one attached hydrogen (secondary N) is 1. The largest absolute Gasteiger partial charge is 0.507 e. The SMILES string of the molecule is CC(=O)c1c(O)c(C)c(O)c2c1OC1=CC(=O)/C(=C(/C)NCCS(=O)(=O)N(C)C)C(=O)[C@]12C. The molecule has 1 heterocycles. The van der Waals surface area contributed by atoms with Crippen LogP contribution in [0.25, 0.3) is 0 Å². The Hall–Kier alpha value is -3.18. The number of hydrogen-bond donors (Lipinski definition) is 3. The molecule has 178 valence electrons. The number of phenols is 2. The second-order valence-corrected chi connectivity index (χ2v) is 10.7. The van der Waals surface area contributed by atoms with Gasteiger partial charge in [0.2, 0.25) is 10.0 Å². The van der Waals surface area contributed by atoms with E-state index in [0.717, 1.165) is 10.4 Å². The second kappa shape index (κ2) is 7.99. The monoisotopic (exact) mass is 478 g/mol. The van der Waals surface area contributed by atoms with E-state index in [-0.39, 0.29) is 51.8 Å². The van der Waals surface area contributed by atoms with Crippen LogP contribution in [0.2, 0.25) is 0 Å². The quantitative estimate of drug-likeness (QED) is 0.310. The summed E-state index contributed by atoms with van der Waals surface area (Å²) in [7, 11) is -0.680. The van der Waals surface area contributed by atoms with Gasteiger partial charge in [-0.2, -0.15) is 0 Å². The molecule has 1 atom stereocenters. The standard InChI is InChI=1S/C22H26N2O8S/c1-10-18(27)16(12(3)25)20-17(19(10)28)22(4)14(32-20)9-13(26)15(21(22)29)11(2)23-7-8-33(30,31)24(5)6/h9,23,27-28H,7-8H2,1-6H3/b15-11+/t22-/m1/s1. The van der Waals surface area contributed by atoms with Crippen molar-refractivity contribution in [2.75, 3.05) is 26.4 Å². The van der Waals surface area contributed by atoms with Crippen molar-refractivity contribution >= 4 is 27.4 Å². The summed E-state index contributed by atoms with van der Waals surface area (Å²) in [5.74, 6) is -3.24. The lowest BCUT2D eigenvalue weighted by atomic mass is 9.70. The molecule has 0 unspecified atom stereocenters. The second-order valence-electron chi connectivity index (χ2n) is 8.41. The fraction of sp³-hybridized carbons (Fsp3) is 0.409. The molecule has 1 aromatic rings. The molecule has 2 aliphatic rings. The fourth-order valence-corrected chi connectivity index (χ4v) is 4.73. The van der Waals surface area contributed by atoms with Crippen molar-refractivity contribution in [2.24, 2.45) is 0 Å². The van der Waals surface area contributed by atoms with Gasteiger partial charge in [-0.25, -0.2) is 12.7 Å². The third-order valence-electron chi connectivity index (χ3n) is 6.07. The van der Waals surface area contributed by atoms with Gasteiger partial charge in [0.15, 0.2) is 17.3 Å². The first-order chi connectivity index (χ1) is 15.2. The molecule has 1 aliphatic heterocycles. The fourth-order valence-electron chi connectivity index (χ4n) is 4.00. The number of fused-ring (bicyclic) bond motifs is 3. The van der Waals surface area contributed by atoms with Crippen LogP contribution in [-0.2, 0) is 25.0 Å². The molecule has 0 fully saturated rings. The Labute approximate surface area is 191 Å². The predicted molar refractivity (Wildman–Crippen MR) is 119 cm³/mol. The molecular weight excluding hydrogens is 452 g/mol. The van der Waals surface area contributed by atoms with Crippen molar-refractivity contribution in [1.82, 2.24) is 9.62 Å². The Balaban J connectivity index is 2.11. The van der Waals surface area contributed by atoms with Crippen molar-refractivity contribution in [1.29, 1.82) is 0 Å². The maximum Gasteiger partial charge on any atom is 0.215 e. The molecule has 33 heavy (non-hydrogen) atoms. The minimum absolute atomic E-state index is 0.00370. The third kappa shape index (κ3) is 3.61. The molecule has 1 aromatic carbocycles. The highest BCUT2D eigenvalue weighted by Crippen LogP contribution is 2.57. The number of rotatable bonds is 6. The van der Waals surface area contributed by atoms with E-state index in [0.29, 0.717) is 0 Å². The summed E-state index contributed by atoms with van der Waals surface area (Å²) in [6.07, 6.45) is 1.11.